The minimum Gasteiger partial charge on any atom is -0.313 e. The van der Waals surface area contributed by atoms with Crippen molar-refractivity contribution in [3.05, 3.63) is 157 Å². The van der Waals surface area contributed by atoms with E-state index < -0.39 is 14.3 Å². The third-order valence-electron chi connectivity index (χ3n) is 7.28. The van der Waals surface area contributed by atoms with Gasteiger partial charge in [0.25, 0.3) is 0 Å². The second kappa shape index (κ2) is 11.2. The van der Waals surface area contributed by atoms with Gasteiger partial charge in [0.15, 0.2) is 0 Å². The summed E-state index contributed by atoms with van der Waals surface area (Å²) in [6, 6.07) is 46.4. The molecule has 0 fully saturated rings. The van der Waals surface area contributed by atoms with Gasteiger partial charge in [-0.05, 0) is 0 Å². The van der Waals surface area contributed by atoms with Crippen LogP contribution in [0.4, 0.5) is 0 Å². The second-order valence-electron chi connectivity index (χ2n) is 9.78. The van der Waals surface area contributed by atoms with E-state index >= 15 is 0 Å². The number of fused-ring (bicyclic) bond motifs is 1. The third-order valence-corrected chi connectivity index (χ3v) is 13.3. The average molecular weight is 559 g/mol. The molecule has 0 N–H and O–H groups in total. The standard InChI is InChI=1S/C34H28N2O2P2/c37-39(27-15-5-1-6-16-27,28-17-7-2-8-18-28)25-33-31-23-13-14-24-32(31)34(36-35-33)26-40(38,29-19-9-3-10-20-29)30-21-11-4-12-22-30/h1-24H,25-26H2. The Kier molecular flexibility index (Phi) is 7.30. The van der Waals surface area contributed by atoms with Crippen LogP contribution in [0.3, 0.4) is 0 Å². The molecule has 6 aromatic rings. The van der Waals surface area contributed by atoms with Crippen molar-refractivity contribution in [1.82, 2.24) is 10.2 Å². The molecule has 5 aromatic carbocycles. The topological polar surface area (TPSA) is 59.9 Å². The van der Waals surface area contributed by atoms with Crippen molar-refractivity contribution in [3.63, 3.8) is 0 Å². The molecule has 0 saturated carbocycles. The van der Waals surface area contributed by atoms with Crippen LogP contribution < -0.4 is 21.2 Å². The number of hydrogen-bond donors (Lipinski definition) is 0. The van der Waals surface area contributed by atoms with E-state index in [9.17, 15) is 9.13 Å². The van der Waals surface area contributed by atoms with E-state index in [4.69, 9.17) is 0 Å². The summed E-state index contributed by atoms with van der Waals surface area (Å²) in [5.74, 6) is 0. The normalized spacial score (nSPS) is 11.9. The zero-order valence-electron chi connectivity index (χ0n) is 21.9. The number of nitrogens with zero attached hydrogens (tertiary/aromatic N) is 2. The predicted octanol–water partition coefficient (Wildman–Crippen LogP) is 6.66. The Hall–Kier alpha value is -4.10. The SMILES string of the molecule is O=P(Cc1nnc(CP(=O)(c2ccccc2)c2ccccc2)c2ccccc12)(c1ccccc1)c1ccccc1. The predicted molar refractivity (Wildman–Crippen MR) is 166 cm³/mol. The molecule has 0 aliphatic heterocycles. The van der Waals surface area contributed by atoms with Crippen LogP contribution in [-0.2, 0) is 21.5 Å². The Morgan fingerprint density at radius 3 is 0.900 bits per heavy atom. The number of benzene rings is 5. The summed E-state index contributed by atoms with van der Waals surface area (Å²) in [5.41, 5.74) is 1.34. The van der Waals surface area contributed by atoms with Gasteiger partial charge in [0.1, 0.15) is 14.3 Å². The fourth-order valence-electron chi connectivity index (χ4n) is 5.21. The summed E-state index contributed by atoms with van der Waals surface area (Å²) >= 11 is 0. The number of hydrogen-bond acceptors (Lipinski definition) is 4. The maximum absolute atomic E-state index is 14.8. The molecule has 6 heteroatoms. The van der Waals surface area contributed by atoms with Crippen LogP contribution in [0.25, 0.3) is 10.8 Å². The smallest absolute Gasteiger partial charge is 0.149 e. The highest BCUT2D eigenvalue weighted by Crippen LogP contribution is 2.49. The van der Waals surface area contributed by atoms with Crippen LogP contribution >= 0.6 is 14.3 Å². The lowest BCUT2D eigenvalue weighted by atomic mass is 10.1. The Morgan fingerprint density at radius 2 is 0.625 bits per heavy atom. The lowest BCUT2D eigenvalue weighted by Gasteiger charge is -2.22. The largest absolute Gasteiger partial charge is 0.313 e. The van der Waals surface area contributed by atoms with Crippen molar-refractivity contribution in [2.24, 2.45) is 0 Å². The van der Waals surface area contributed by atoms with Gasteiger partial charge in [0.2, 0.25) is 0 Å². The maximum atomic E-state index is 14.8. The molecular weight excluding hydrogens is 530 g/mol. The summed E-state index contributed by atoms with van der Waals surface area (Å²) in [7, 11) is -6.12. The van der Waals surface area contributed by atoms with E-state index in [0.29, 0.717) is 11.4 Å². The molecule has 4 nitrogen and oxygen atoms in total. The number of rotatable bonds is 8. The molecule has 0 amide bonds. The molecular formula is C34H28N2O2P2. The van der Waals surface area contributed by atoms with Crippen LogP contribution in [0.15, 0.2) is 146 Å². The van der Waals surface area contributed by atoms with Gasteiger partial charge in [-0.2, -0.15) is 10.2 Å². The van der Waals surface area contributed by atoms with Crippen LogP contribution in [0.2, 0.25) is 0 Å². The lowest BCUT2D eigenvalue weighted by molar-refractivity contribution is 0.584. The molecule has 0 aliphatic carbocycles. The average Bonchev–Trinajstić information content (AvgIpc) is 3.04. The van der Waals surface area contributed by atoms with Gasteiger partial charge >= 0.3 is 0 Å². The van der Waals surface area contributed by atoms with Crippen LogP contribution in [-0.4, -0.2) is 10.2 Å². The molecule has 0 unspecified atom stereocenters. The van der Waals surface area contributed by atoms with Crippen LogP contribution in [0, 0.1) is 0 Å². The molecule has 1 heterocycles. The van der Waals surface area contributed by atoms with E-state index in [1.807, 2.05) is 146 Å². The minimum atomic E-state index is -3.06. The van der Waals surface area contributed by atoms with Crippen LogP contribution in [0.1, 0.15) is 11.4 Å². The first-order valence-electron chi connectivity index (χ1n) is 13.2. The molecule has 1 aromatic heterocycles. The highest BCUT2D eigenvalue weighted by Gasteiger charge is 2.32. The van der Waals surface area contributed by atoms with E-state index in [2.05, 4.69) is 10.2 Å². The fraction of sp³-hybridized carbons (Fsp3) is 0.0588. The van der Waals surface area contributed by atoms with Gasteiger partial charge < -0.3 is 9.13 Å². The maximum Gasteiger partial charge on any atom is 0.149 e. The Morgan fingerprint density at radius 1 is 0.375 bits per heavy atom. The molecule has 0 bridgehead atoms. The molecule has 6 rings (SSSR count). The summed E-state index contributed by atoms with van der Waals surface area (Å²) in [5, 5.41) is 14.2. The van der Waals surface area contributed by atoms with Crippen molar-refractivity contribution < 1.29 is 9.13 Å². The van der Waals surface area contributed by atoms with E-state index in [1.165, 1.54) is 0 Å². The lowest BCUT2D eigenvalue weighted by Crippen LogP contribution is -2.19. The van der Waals surface area contributed by atoms with Gasteiger partial charge in [-0.3, -0.25) is 0 Å². The molecule has 0 atom stereocenters. The van der Waals surface area contributed by atoms with E-state index in [0.717, 1.165) is 32.0 Å². The van der Waals surface area contributed by atoms with Crippen molar-refractivity contribution in [2.75, 3.05) is 0 Å². The van der Waals surface area contributed by atoms with E-state index in [-0.39, 0.29) is 12.3 Å². The van der Waals surface area contributed by atoms with Crippen LogP contribution in [0.5, 0.6) is 0 Å². The first-order valence-corrected chi connectivity index (χ1v) is 17.0. The molecule has 0 saturated heterocycles. The van der Waals surface area contributed by atoms with Gasteiger partial charge in [-0.15, -0.1) is 0 Å². The van der Waals surface area contributed by atoms with Gasteiger partial charge in [-0.1, -0.05) is 146 Å². The first kappa shape index (κ1) is 26.1. The minimum absolute atomic E-state index is 0.240. The third kappa shape index (κ3) is 4.97. The summed E-state index contributed by atoms with van der Waals surface area (Å²) in [6.07, 6.45) is 0.480. The summed E-state index contributed by atoms with van der Waals surface area (Å²) in [6.45, 7) is 0. The first-order chi connectivity index (χ1) is 19.6. The Balaban J connectivity index is 1.47. The molecule has 0 radical (unpaired) electrons. The van der Waals surface area contributed by atoms with E-state index in [1.54, 1.807) is 0 Å². The number of aromatic nitrogens is 2. The molecule has 0 spiro atoms. The van der Waals surface area contributed by atoms with Crippen molar-refractivity contribution in [2.45, 2.75) is 12.3 Å². The highest BCUT2D eigenvalue weighted by atomic mass is 31.2. The van der Waals surface area contributed by atoms with Gasteiger partial charge in [0, 0.05) is 32.0 Å². The summed E-state index contributed by atoms with van der Waals surface area (Å²) in [4.78, 5) is 0. The molecule has 0 aliphatic rings. The van der Waals surface area contributed by atoms with Crippen molar-refractivity contribution >= 4 is 46.3 Å². The quantitative estimate of drug-likeness (QED) is 0.196. The highest BCUT2D eigenvalue weighted by molar-refractivity contribution is 7.78. The monoisotopic (exact) mass is 558 g/mol. The molecule has 196 valence electrons. The Bertz CT molecular complexity index is 1620. The van der Waals surface area contributed by atoms with Gasteiger partial charge in [-0.25, -0.2) is 0 Å². The molecule has 40 heavy (non-hydrogen) atoms. The van der Waals surface area contributed by atoms with Crippen molar-refractivity contribution in [1.29, 1.82) is 0 Å². The Labute approximate surface area is 234 Å². The summed E-state index contributed by atoms with van der Waals surface area (Å²) < 4.78 is 29.6. The van der Waals surface area contributed by atoms with Crippen molar-refractivity contribution in [3.8, 4) is 0 Å². The fourth-order valence-corrected chi connectivity index (χ4v) is 10.5. The zero-order valence-corrected chi connectivity index (χ0v) is 23.7. The second-order valence-corrected chi connectivity index (χ2v) is 15.4. The zero-order chi connectivity index (χ0) is 27.4. The van der Waals surface area contributed by atoms with Gasteiger partial charge in [0.05, 0.1) is 23.7 Å².